The van der Waals surface area contributed by atoms with Crippen LogP contribution in [0.4, 0.5) is 0 Å². The number of hydrogen-bond acceptors (Lipinski definition) is 6. The number of rotatable bonds is 6. The van der Waals surface area contributed by atoms with Crippen molar-refractivity contribution in [2.45, 2.75) is 13.8 Å². The minimum atomic E-state index is 0.287. The van der Waals surface area contributed by atoms with Gasteiger partial charge in [0, 0.05) is 11.6 Å². The Morgan fingerprint density at radius 1 is 0.917 bits per heavy atom. The highest BCUT2D eigenvalue weighted by molar-refractivity contribution is 5.64. The first-order chi connectivity index (χ1) is 11.6. The summed E-state index contributed by atoms with van der Waals surface area (Å²) in [5.74, 6) is 2.87. The summed E-state index contributed by atoms with van der Waals surface area (Å²) in [6, 6.07) is 7.15. The third-order valence-electron chi connectivity index (χ3n) is 3.34. The summed E-state index contributed by atoms with van der Waals surface area (Å²) in [5.41, 5.74) is 1.32. The van der Waals surface area contributed by atoms with Crippen LogP contribution >= 0.6 is 0 Å². The van der Waals surface area contributed by atoms with E-state index in [1.165, 1.54) is 0 Å². The van der Waals surface area contributed by atoms with Crippen molar-refractivity contribution in [2.24, 2.45) is 0 Å². The van der Waals surface area contributed by atoms with Crippen LogP contribution in [0.3, 0.4) is 0 Å². The quantitative estimate of drug-likeness (QED) is 0.626. The van der Waals surface area contributed by atoms with E-state index in [1.807, 2.05) is 19.9 Å². The fraction of sp³-hybridized carbons (Fsp3) is 0.222. The number of hydrogen-bond donors (Lipinski definition) is 0. The minimum Gasteiger partial charge on any atom is -0.494 e. The lowest BCUT2D eigenvalue weighted by molar-refractivity contribution is 0.295. The summed E-state index contributed by atoms with van der Waals surface area (Å²) < 4.78 is 22.4. The summed E-state index contributed by atoms with van der Waals surface area (Å²) in [7, 11) is 0. The van der Waals surface area contributed by atoms with Gasteiger partial charge < -0.3 is 18.9 Å². The molecule has 124 valence electrons. The van der Waals surface area contributed by atoms with Crippen LogP contribution in [-0.4, -0.2) is 23.4 Å². The summed E-state index contributed by atoms with van der Waals surface area (Å²) in [6.07, 6.45) is 0. The Morgan fingerprint density at radius 3 is 2.42 bits per heavy atom. The predicted molar refractivity (Wildman–Crippen MR) is 89.9 cm³/mol. The van der Waals surface area contributed by atoms with Gasteiger partial charge in [-0.1, -0.05) is 13.2 Å². The maximum absolute atomic E-state index is 5.85. The fourth-order valence-corrected chi connectivity index (χ4v) is 2.22. The molecule has 0 bridgehead atoms. The zero-order valence-electron chi connectivity index (χ0n) is 13.7. The summed E-state index contributed by atoms with van der Waals surface area (Å²) >= 11 is 0. The molecule has 0 aliphatic carbocycles. The first-order valence-electron chi connectivity index (χ1n) is 7.64. The molecule has 1 aromatic carbocycles. The van der Waals surface area contributed by atoms with Crippen molar-refractivity contribution in [1.29, 1.82) is 0 Å². The molecule has 2 heterocycles. The molecule has 0 N–H and O–H groups in total. The van der Waals surface area contributed by atoms with E-state index in [1.54, 1.807) is 18.2 Å². The van der Waals surface area contributed by atoms with Gasteiger partial charge in [-0.25, -0.2) is 0 Å². The average molecular weight is 326 g/mol. The van der Waals surface area contributed by atoms with Crippen molar-refractivity contribution in [3.8, 4) is 23.1 Å². The zero-order valence-corrected chi connectivity index (χ0v) is 13.7. The molecule has 0 amide bonds. The van der Waals surface area contributed by atoms with Gasteiger partial charge in [-0.3, -0.25) is 0 Å². The van der Waals surface area contributed by atoms with Gasteiger partial charge in [0.15, 0.2) is 17.2 Å². The molecule has 1 aromatic heterocycles. The van der Waals surface area contributed by atoms with E-state index in [2.05, 4.69) is 23.4 Å². The lowest BCUT2D eigenvalue weighted by Crippen LogP contribution is -2.05. The molecule has 0 spiro atoms. The monoisotopic (exact) mass is 326 g/mol. The highest BCUT2D eigenvalue weighted by atomic mass is 16.6. The molecule has 0 atom stereocenters. The maximum Gasteiger partial charge on any atom is 0.282 e. The molecule has 0 unspecified atom stereocenters. The molecule has 3 rings (SSSR count). The van der Waals surface area contributed by atoms with Crippen molar-refractivity contribution < 1.29 is 18.9 Å². The second-order valence-electron chi connectivity index (χ2n) is 4.98. The Labute approximate surface area is 140 Å². The van der Waals surface area contributed by atoms with E-state index in [4.69, 9.17) is 18.9 Å². The normalized spacial score (nSPS) is 11.4. The highest BCUT2D eigenvalue weighted by Gasteiger charge is 2.22. The molecule has 24 heavy (non-hydrogen) atoms. The van der Waals surface area contributed by atoms with Gasteiger partial charge >= 0.3 is 0 Å². The lowest BCUT2D eigenvalue weighted by atomic mass is 10.1. The molecule has 2 aromatic rings. The molecule has 0 fully saturated rings. The summed E-state index contributed by atoms with van der Waals surface area (Å²) in [4.78, 5) is 0. The van der Waals surface area contributed by atoms with Crippen LogP contribution in [0.15, 0.2) is 37.4 Å². The van der Waals surface area contributed by atoms with Crippen molar-refractivity contribution in [3.05, 3.63) is 48.7 Å². The van der Waals surface area contributed by atoms with Crippen LogP contribution in [0.5, 0.6) is 23.1 Å². The van der Waals surface area contributed by atoms with Crippen molar-refractivity contribution >= 4 is 11.5 Å². The van der Waals surface area contributed by atoms with Crippen LogP contribution in [0, 0.1) is 0 Å². The van der Waals surface area contributed by atoms with Crippen molar-refractivity contribution in [3.63, 3.8) is 0 Å². The average Bonchev–Trinajstić information content (AvgIpc) is 2.59. The molecule has 0 saturated carbocycles. The second-order valence-corrected chi connectivity index (χ2v) is 4.98. The van der Waals surface area contributed by atoms with E-state index in [0.717, 1.165) is 5.56 Å². The second kappa shape index (κ2) is 6.62. The van der Waals surface area contributed by atoms with Gasteiger partial charge in [0.05, 0.1) is 13.2 Å². The van der Waals surface area contributed by atoms with E-state index in [-0.39, 0.29) is 5.88 Å². The first kappa shape index (κ1) is 15.9. The Morgan fingerprint density at radius 2 is 1.67 bits per heavy atom. The van der Waals surface area contributed by atoms with E-state index in [9.17, 15) is 0 Å². The van der Waals surface area contributed by atoms with Gasteiger partial charge in [0.1, 0.15) is 17.2 Å². The topological polar surface area (TPSA) is 62.7 Å². The SMILES string of the molecule is C=C(OCC)c1ccc2c(c1)Oc1nnc(C(=C)OCC)cc1O2. The molecule has 6 nitrogen and oxygen atoms in total. The molecule has 1 aliphatic heterocycles. The van der Waals surface area contributed by atoms with Crippen molar-refractivity contribution in [1.82, 2.24) is 10.2 Å². The molecule has 6 heteroatoms. The molecular formula is C18H18N2O4. The van der Waals surface area contributed by atoms with E-state index >= 15 is 0 Å². The predicted octanol–water partition coefficient (Wildman–Crippen LogP) is 4.39. The third-order valence-corrected chi connectivity index (χ3v) is 3.34. The number of aromatic nitrogens is 2. The van der Waals surface area contributed by atoms with Gasteiger partial charge in [-0.15, -0.1) is 10.2 Å². The van der Waals surface area contributed by atoms with Gasteiger partial charge in [0.25, 0.3) is 5.88 Å². The van der Waals surface area contributed by atoms with Crippen LogP contribution in [0.1, 0.15) is 25.1 Å². The Kier molecular flexibility index (Phi) is 4.37. The van der Waals surface area contributed by atoms with Crippen LogP contribution in [-0.2, 0) is 9.47 Å². The number of fused-ring (bicyclic) bond motifs is 2. The third kappa shape index (κ3) is 3.03. The number of ether oxygens (including phenoxy) is 4. The lowest BCUT2D eigenvalue weighted by Gasteiger charge is -2.20. The number of nitrogens with zero attached hydrogens (tertiary/aromatic N) is 2. The Hall–Kier alpha value is -3.02. The first-order valence-corrected chi connectivity index (χ1v) is 7.64. The number of benzene rings is 1. The largest absolute Gasteiger partial charge is 0.494 e. The minimum absolute atomic E-state index is 0.287. The van der Waals surface area contributed by atoms with Crippen molar-refractivity contribution in [2.75, 3.05) is 13.2 Å². The smallest absolute Gasteiger partial charge is 0.282 e. The zero-order chi connectivity index (χ0) is 17.1. The van der Waals surface area contributed by atoms with E-state index in [0.29, 0.717) is 47.7 Å². The summed E-state index contributed by atoms with van der Waals surface area (Å²) in [5, 5.41) is 8.09. The van der Waals surface area contributed by atoms with Gasteiger partial charge in [0.2, 0.25) is 0 Å². The molecule has 1 aliphatic rings. The van der Waals surface area contributed by atoms with Gasteiger partial charge in [-0.05, 0) is 32.0 Å². The van der Waals surface area contributed by atoms with Crippen LogP contribution in [0.2, 0.25) is 0 Å². The summed E-state index contributed by atoms with van der Waals surface area (Å²) in [6.45, 7) is 12.5. The van der Waals surface area contributed by atoms with Gasteiger partial charge in [-0.2, -0.15) is 0 Å². The van der Waals surface area contributed by atoms with E-state index < -0.39 is 0 Å². The Balaban J connectivity index is 1.87. The molecule has 0 saturated heterocycles. The Bertz CT molecular complexity index is 734. The van der Waals surface area contributed by atoms with Crippen LogP contribution < -0.4 is 9.47 Å². The molecule has 0 radical (unpaired) electrons. The highest BCUT2D eigenvalue weighted by Crippen LogP contribution is 2.45. The maximum atomic E-state index is 5.85. The fourth-order valence-electron chi connectivity index (χ4n) is 2.22. The standard InChI is InChI=1S/C18H18N2O4/c1-5-21-11(3)13-7-8-15-16(9-13)24-18-17(23-15)10-14(19-20-18)12(4)22-6-2/h7-10H,3-6H2,1-2H3. The molecular weight excluding hydrogens is 308 g/mol. The van der Waals surface area contributed by atoms with Crippen LogP contribution in [0.25, 0.3) is 11.5 Å².